The quantitative estimate of drug-likeness (QED) is 0.769. The summed E-state index contributed by atoms with van der Waals surface area (Å²) >= 11 is 0. The molecule has 0 N–H and O–H groups in total. The van der Waals surface area contributed by atoms with Crippen LogP contribution in [0.1, 0.15) is 43.5 Å². The number of benzene rings is 1. The second-order valence-electron chi connectivity index (χ2n) is 5.82. The molecule has 0 bridgehead atoms. The van der Waals surface area contributed by atoms with Crippen LogP contribution in [0.3, 0.4) is 0 Å². The molecule has 1 aromatic carbocycles. The van der Waals surface area contributed by atoms with Crippen molar-refractivity contribution in [1.82, 2.24) is 0 Å². The fourth-order valence-electron chi connectivity index (χ4n) is 2.80. The van der Waals surface area contributed by atoms with Crippen LogP contribution in [0, 0.1) is 11.8 Å². The van der Waals surface area contributed by atoms with Crippen LogP contribution in [0.25, 0.3) is 0 Å². The Morgan fingerprint density at radius 1 is 1.20 bits per heavy atom. The molecule has 1 fully saturated rings. The van der Waals surface area contributed by atoms with E-state index >= 15 is 0 Å². The Morgan fingerprint density at radius 3 is 2.65 bits per heavy atom. The smallest absolute Gasteiger partial charge is 0.192 e. The Morgan fingerprint density at radius 2 is 1.95 bits per heavy atom. The molecule has 0 radical (unpaired) electrons. The molecule has 0 heterocycles. The molecule has 1 aliphatic rings. The standard InChI is InChI=1S/C17H24O3/c1-12-8-9-14(10-13(12)2)20-11-16(18)15-6-4-5-7-17(15)19-3/h4-7,12-14H,8-11H2,1-3H3. The first-order chi connectivity index (χ1) is 9.61. The van der Waals surface area contributed by atoms with Crippen molar-refractivity contribution in [3.63, 3.8) is 0 Å². The third kappa shape index (κ3) is 3.60. The van der Waals surface area contributed by atoms with Crippen LogP contribution in [0.2, 0.25) is 0 Å². The molecule has 3 unspecified atom stereocenters. The Kier molecular flexibility index (Phi) is 5.18. The molecular formula is C17H24O3. The minimum atomic E-state index is -0.00581. The molecule has 1 aliphatic carbocycles. The highest BCUT2D eigenvalue weighted by Gasteiger charge is 2.25. The zero-order valence-corrected chi connectivity index (χ0v) is 12.6. The van der Waals surface area contributed by atoms with Crippen molar-refractivity contribution in [2.24, 2.45) is 11.8 Å². The zero-order chi connectivity index (χ0) is 14.5. The van der Waals surface area contributed by atoms with Crippen LogP contribution in [0.15, 0.2) is 24.3 Å². The lowest BCUT2D eigenvalue weighted by Gasteiger charge is -2.31. The molecule has 1 aromatic rings. The van der Waals surface area contributed by atoms with E-state index in [-0.39, 0.29) is 18.5 Å². The summed E-state index contributed by atoms with van der Waals surface area (Å²) in [4.78, 5) is 12.2. The van der Waals surface area contributed by atoms with Crippen LogP contribution >= 0.6 is 0 Å². The molecule has 0 spiro atoms. The zero-order valence-electron chi connectivity index (χ0n) is 12.6. The van der Waals surface area contributed by atoms with Gasteiger partial charge in [0.05, 0.1) is 18.8 Å². The molecule has 0 saturated heterocycles. The lowest BCUT2D eigenvalue weighted by molar-refractivity contribution is 0.00699. The van der Waals surface area contributed by atoms with Gasteiger partial charge in [0.25, 0.3) is 0 Å². The number of hydrogen-bond donors (Lipinski definition) is 0. The van der Waals surface area contributed by atoms with Gasteiger partial charge in [0.2, 0.25) is 0 Å². The first-order valence-corrected chi connectivity index (χ1v) is 7.39. The summed E-state index contributed by atoms with van der Waals surface area (Å²) in [6.45, 7) is 4.70. The van der Waals surface area contributed by atoms with E-state index in [1.165, 1.54) is 6.42 Å². The third-order valence-electron chi connectivity index (χ3n) is 4.41. The molecule has 2 rings (SSSR count). The van der Waals surface area contributed by atoms with Gasteiger partial charge in [0.15, 0.2) is 5.78 Å². The molecular weight excluding hydrogens is 252 g/mol. The maximum atomic E-state index is 12.2. The fraction of sp³-hybridized carbons (Fsp3) is 0.588. The van der Waals surface area contributed by atoms with Gasteiger partial charge in [-0.2, -0.15) is 0 Å². The number of methoxy groups -OCH3 is 1. The highest BCUT2D eigenvalue weighted by atomic mass is 16.5. The first kappa shape index (κ1) is 15.0. The predicted molar refractivity (Wildman–Crippen MR) is 79.2 cm³/mol. The highest BCUT2D eigenvalue weighted by Crippen LogP contribution is 2.31. The summed E-state index contributed by atoms with van der Waals surface area (Å²) in [7, 11) is 1.58. The summed E-state index contributed by atoms with van der Waals surface area (Å²) in [5.74, 6) is 2.05. The van der Waals surface area contributed by atoms with Crippen molar-refractivity contribution in [1.29, 1.82) is 0 Å². The Hall–Kier alpha value is -1.35. The monoisotopic (exact) mass is 276 g/mol. The second-order valence-corrected chi connectivity index (χ2v) is 5.82. The van der Waals surface area contributed by atoms with Gasteiger partial charge in [-0.25, -0.2) is 0 Å². The summed E-state index contributed by atoms with van der Waals surface area (Å²) in [5.41, 5.74) is 0.604. The van der Waals surface area contributed by atoms with E-state index < -0.39 is 0 Å². The van der Waals surface area contributed by atoms with E-state index in [2.05, 4.69) is 13.8 Å². The third-order valence-corrected chi connectivity index (χ3v) is 4.41. The average molecular weight is 276 g/mol. The summed E-state index contributed by atoms with van der Waals surface area (Å²) in [6.07, 6.45) is 3.53. The first-order valence-electron chi connectivity index (χ1n) is 7.39. The van der Waals surface area contributed by atoms with Crippen molar-refractivity contribution >= 4 is 5.78 Å². The molecule has 0 amide bonds. The van der Waals surface area contributed by atoms with Crippen molar-refractivity contribution in [3.8, 4) is 5.75 Å². The SMILES string of the molecule is COc1ccccc1C(=O)COC1CCC(C)C(C)C1. The van der Waals surface area contributed by atoms with Gasteiger partial charge in [-0.1, -0.05) is 26.0 Å². The molecule has 0 aromatic heterocycles. The van der Waals surface area contributed by atoms with E-state index in [4.69, 9.17) is 9.47 Å². The number of hydrogen-bond acceptors (Lipinski definition) is 3. The molecule has 3 heteroatoms. The van der Waals surface area contributed by atoms with Gasteiger partial charge in [0.1, 0.15) is 12.4 Å². The van der Waals surface area contributed by atoms with Crippen LogP contribution in [0.5, 0.6) is 5.75 Å². The number of Topliss-reactive ketones (excluding diaryl/α,β-unsaturated/α-hetero) is 1. The minimum absolute atomic E-state index is 0.00581. The summed E-state index contributed by atoms with van der Waals surface area (Å²) < 4.78 is 11.0. The molecule has 3 atom stereocenters. The highest BCUT2D eigenvalue weighted by molar-refractivity contribution is 5.99. The Labute approximate surface area is 121 Å². The Bertz CT molecular complexity index is 455. The maximum Gasteiger partial charge on any atom is 0.192 e. The minimum Gasteiger partial charge on any atom is -0.496 e. The van der Waals surface area contributed by atoms with Crippen molar-refractivity contribution in [2.75, 3.05) is 13.7 Å². The average Bonchev–Trinajstić information content (AvgIpc) is 2.48. The number of ether oxygens (including phenoxy) is 2. The maximum absolute atomic E-state index is 12.2. The van der Waals surface area contributed by atoms with Crippen molar-refractivity contribution in [3.05, 3.63) is 29.8 Å². The normalized spacial score (nSPS) is 26.2. The second kappa shape index (κ2) is 6.89. The summed E-state index contributed by atoms with van der Waals surface area (Å²) in [6, 6.07) is 7.30. The van der Waals surface area contributed by atoms with Gasteiger partial charge < -0.3 is 9.47 Å². The lowest BCUT2D eigenvalue weighted by Crippen LogP contribution is -2.28. The number of carbonyl (C=O) groups excluding carboxylic acids is 1. The number of rotatable bonds is 5. The van der Waals surface area contributed by atoms with Crippen LogP contribution in [-0.4, -0.2) is 25.6 Å². The number of para-hydroxylation sites is 1. The fourth-order valence-corrected chi connectivity index (χ4v) is 2.80. The van der Waals surface area contributed by atoms with E-state index in [9.17, 15) is 4.79 Å². The molecule has 0 aliphatic heterocycles. The van der Waals surface area contributed by atoms with E-state index in [1.807, 2.05) is 12.1 Å². The lowest BCUT2D eigenvalue weighted by atomic mass is 9.80. The van der Waals surface area contributed by atoms with Crippen molar-refractivity contribution in [2.45, 2.75) is 39.2 Å². The van der Waals surface area contributed by atoms with Gasteiger partial charge in [-0.15, -0.1) is 0 Å². The van der Waals surface area contributed by atoms with E-state index in [0.29, 0.717) is 17.2 Å². The van der Waals surface area contributed by atoms with E-state index in [1.54, 1.807) is 19.2 Å². The molecule has 20 heavy (non-hydrogen) atoms. The number of ketones is 1. The Balaban J connectivity index is 1.89. The molecule has 110 valence electrons. The topological polar surface area (TPSA) is 35.5 Å². The van der Waals surface area contributed by atoms with Crippen LogP contribution in [-0.2, 0) is 4.74 Å². The summed E-state index contributed by atoms with van der Waals surface area (Å²) in [5, 5.41) is 0. The number of carbonyl (C=O) groups is 1. The van der Waals surface area contributed by atoms with E-state index in [0.717, 1.165) is 18.8 Å². The van der Waals surface area contributed by atoms with Crippen LogP contribution < -0.4 is 4.74 Å². The molecule has 3 nitrogen and oxygen atoms in total. The largest absolute Gasteiger partial charge is 0.496 e. The van der Waals surface area contributed by atoms with Gasteiger partial charge in [-0.05, 0) is 43.2 Å². The van der Waals surface area contributed by atoms with Crippen LogP contribution in [0.4, 0.5) is 0 Å². The van der Waals surface area contributed by atoms with Gasteiger partial charge in [0, 0.05) is 0 Å². The van der Waals surface area contributed by atoms with Gasteiger partial charge >= 0.3 is 0 Å². The van der Waals surface area contributed by atoms with Gasteiger partial charge in [-0.3, -0.25) is 4.79 Å². The predicted octanol–water partition coefficient (Wildman–Crippen LogP) is 3.72. The molecule has 1 saturated carbocycles. The van der Waals surface area contributed by atoms with Crippen molar-refractivity contribution < 1.29 is 14.3 Å².